The van der Waals surface area contributed by atoms with Gasteiger partial charge in [-0.15, -0.1) is 0 Å². The van der Waals surface area contributed by atoms with Gasteiger partial charge >= 0.3 is 0 Å². The predicted molar refractivity (Wildman–Crippen MR) is 97.1 cm³/mol. The summed E-state index contributed by atoms with van der Waals surface area (Å²) in [4.78, 5) is 19.3. The van der Waals surface area contributed by atoms with Crippen molar-refractivity contribution in [2.75, 3.05) is 5.32 Å². The van der Waals surface area contributed by atoms with Crippen LogP contribution < -0.4 is 11.1 Å². The number of fused-ring (bicyclic) bond motifs is 1. The molecule has 4 N–H and O–H groups in total. The highest BCUT2D eigenvalue weighted by atomic mass is 16.1. The van der Waals surface area contributed by atoms with Crippen molar-refractivity contribution in [1.29, 1.82) is 0 Å². The fourth-order valence-electron chi connectivity index (χ4n) is 3.45. The summed E-state index contributed by atoms with van der Waals surface area (Å²) < 4.78 is 1.60. The fraction of sp³-hybridized carbons (Fsp3) is 0.389. The molecule has 0 saturated heterocycles. The molecule has 25 heavy (non-hydrogen) atoms. The second-order valence-electron chi connectivity index (χ2n) is 6.71. The Labute approximate surface area is 145 Å². The van der Waals surface area contributed by atoms with Gasteiger partial charge in [0.05, 0.1) is 6.20 Å². The lowest BCUT2D eigenvalue weighted by Gasteiger charge is -2.14. The van der Waals surface area contributed by atoms with Crippen molar-refractivity contribution in [3.8, 4) is 11.1 Å². The number of carbonyl (C=O) groups excluding carboxylic acids is 1. The van der Waals surface area contributed by atoms with Gasteiger partial charge in [0.25, 0.3) is 0 Å². The smallest absolute Gasteiger partial charge is 0.241 e. The maximum Gasteiger partial charge on any atom is 0.241 e. The van der Waals surface area contributed by atoms with E-state index in [4.69, 9.17) is 5.73 Å². The van der Waals surface area contributed by atoms with E-state index in [1.807, 2.05) is 18.5 Å². The van der Waals surface area contributed by atoms with Crippen molar-refractivity contribution in [2.24, 2.45) is 5.73 Å². The molecule has 1 amide bonds. The SMILES string of the molecule is CC(C(N)=O)n1cc(-c2cc(NC3CCCC3)nc3[nH]ccc23)cn1. The van der Waals surface area contributed by atoms with Crippen LogP contribution in [0.3, 0.4) is 0 Å². The van der Waals surface area contributed by atoms with Crippen molar-refractivity contribution >= 4 is 22.8 Å². The maximum absolute atomic E-state index is 11.4. The van der Waals surface area contributed by atoms with E-state index in [1.54, 1.807) is 17.8 Å². The highest BCUT2D eigenvalue weighted by molar-refractivity contribution is 5.94. The van der Waals surface area contributed by atoms with Crippen LogP contribution in [0.1, 0.15) is 38.6 Å². The zero-order chi connectivity index (χ0) is 17.4. The largest absolute Gasteiger partial charge is 0.368 e. The molecule has 0 aliphatic heterocycles. The number of hydrogen-bond donors (Lipinski definition) is 3. The van der Waals surface area contributed by atoms with Crippen LogP contribution in [0.4, 0.5) is 5.82 Å². The third-order valence-corrected chi connectivity index (χ3v) is 4.96. The molecule has 1 aliphatic carbocycles. The molecule has 0 radical (unpaired) electrons. The average Bonchev–Trinajstić information content (AvgIpc) is 3.34. The molecule has 0 spiro atoms. The monoisotopic (exact) mass is 338 g/mol. The van der Waals surface area contributed by atoms with Crippen molar-refractivity contribution < 1.29 is 4.79 Å². The molecule has 7 heteroatoms. The topological polar surface area (TPSA) is 102 Å². The van der Waals surface area contributed by atoms with Crippen molar-refractivity contribution in [1.82, 2.24) is 19.7 Å². The molecule has 0 aromatic carbocycles. The Morgan fingerprint density at radius 1 is 1.44 bits per heavy atom. The van der Waals surface area contributed by atoms with Crippen molar-refractivity contribution in [3.05, 3.63) is 30.7 Å². The number of carbonyl (C=O) groups is 1. The summed E-state index contributed by atoms with van der Waals surface area (Å²) in [7, 11) is 0. The minimum Gasteiger partial charge on any atom is -0.368 e. The molecule has 3 aromatic heterocycles. The Hall–Kier alpha value is -2.83. The molecule has 0 bridgehead atoms. The summed E-state index contributed by atoms with van der Waals surface area (Å²) in [5.41, 5.74) is 8.20. The Morgan fingerprint density at radius 3 is 3.00 bits per heavy atom. The van der Waals surface area contributed by atoms with E-state index in [1.165, 1.54) is 25.7 Å². The number of aromatic amines is 1. The van der Waals surface area contributed by atoms with Crippen molar-refractivity contribution in [2.45, 2.75) is 44.7 Å². The van der Waals surface area contributed by atoms with Gasteiger partial charge < -0.3 is 16.0 Å². The molecule has 1 atom stereocenters. The van der Waals surface area contributed by atoms with Gasteiger partial charge in [-0.05, 0) is 37.5 Å². The third-order valence-electron chi connectivity index (χ3n) is 4.96. The van der Waals surface area contributed by atoms with E-state index >= 15 is 0 Å². The molecule has 3 heterocycles. The van der Waals surface area contributed by atoms with Gasteiger partial charge in [0.1, 0.15) is 17.5 Å². The standard InChI is InChI=1S/C18H22N6O/c1-11(17(19)25)24-10-12(9-21-24)15-8-16(22-13-4-2-3-5-13)23-18-14(15)6-7-20-18/h6-11,13H,2-5H2,1H3,(H2,19,25)(H2,20,22,23). The van der Waals surface area contributed by atoms with Crippen LogP contribution in [0, 0.1) is 0 Å². The summed E-state index contributed by atoms with van der Waals surface area (Å²) >= 11 is 0. The number of nitrogens with zero attached hydrogens (tertiary/aromatic N) is 3. The van der Waals surface area contributed by atoms with Crippen LogP contribution >= 0.6 is 0 Å². The average molecular weight is 338 g/mol. The first-order valence-corrected chi connectivity index (χ1v) is 8.70. The highest BCUT2D eigenvalue weighted by Gasteiger charge is 2.18. The molecule has 4 rings (SSSR count). The van der Waals surface area contributed by atoms with Crippen molar-refractivity contribution in [3.63, 3.8) is 0 Å². The van der Waals surface area contributed by atoms with E-state index in [0.29, 0.717) is 6.04 Å². The van der Waals surface area contributed by atoms with Crippen LogP contribution in [-0.4, -0.2) is 31.7 Å². The van der Waals surface area contributed by atoms with Gasteiger partial charge in [-0.1, -0.05) is 12.8 Å². The van der Waals surface area contributed by atoms with Gasteiger partial charge in [-0.2, -0.15) is 5.10 Å². The molecule has 130 valence electrons. The van der Waals surface area contributed by atoms with Gasteiger partial charge in [-0.25, -0.2) is 4.98 Å². The number of aromatic nitrogens is 4. The van der Waals surface area contributed by atoms with Crippen LogP contribution in [0.15, 0.2) is 30.7 Å². The number of primary amides is 1. The molecule has 7 nitrogen and oxygen atoms in total. The lowest BCUT2D eigenvalue weighted by molar-refractivity contribution is -0.120. The number of amides is 1. The quantitative estimate of drug-likeness (QED) is 0.665. The second kappa shape index (κ2) is 6.23. The zero-order valence-electron chi connectivity index (χ0n) is 14.2. The number of rotatable bonds is 5. The Kier molecular flexibility index (Phi) is 3.91. The van der Waals surface area contributed by atoms with E-state index in [9.17, 15) is 4.79 Å². The zero-order valence-corrected chi connectivity index (χ0v) is 14.2. The predicted octanol–water partition coefficient (Wildman–Crippen LogP) is 2.83. The molecular weight excluding hydrogens is 316 g/mol. The molecule has 1 unspecified atom stereocenters. The molecule has 1 saturated carbocycles. The van der Waals surface area contributed by atoms with Crippen LogP contribution in [0.2, 0.25) is 0 Å². The summed E-state index contributed by atoms with van der Waals surface area (Å²) in [5, 5.41) is 8.88. The molecule has 1 fully saturated rings. The van der Waals surface area contributed by atoms with E-state index < -0.39 is 11.9 Å². The first kappa shape index (κ1) is 15.7. The molecular formula is C18H22N6O. The Balaban J connectivity index is 1.72. The summed E-state index contributed by atoms with van der Waals surface area (Å²) in [5.74, 6) is 0.465. The van der Waals surface area contributed by atoms with Gasteiger partial charge in [-0.3, -0.25) is 9.48 Å². The number of anilines is 1. The first-order chi connectivity index (χ1) is 12.1. The lowest BCUT2D eigenvalue weighted by Crippen LogP contribution is -2.24. The molecule has 3 aromatic rings. The minimum atomic E-state index is -0.478. The normalized spacial score (nSPS) is 16.4. The number of nitrogens with one attached hydrogen (secondary N) is 2. The van der Waals surface area contributed by atoms with Crippen LogP contribution in [0.5, 0.6) is 0 Å². The number of pyridine rings is 1. The Morgan fingerprint density at radius 2 is 2.24 bits per heavy atom. The lowest BCUT2D eigenvalue weighted by atomic mass is 10.1. The summed E-state index contributed by atoms with van der Waals surface area (Å²) in [6.07, 6.45) is 10.4. The van der Waals surface area contributed by atoms with Gasteiger partial charge in [0, 0.05) is 29.4 Å². The van der Waals surface area contributed by atoms with E-state index in [-0.39, 0.29) is 0 Å². The molecule has 1 aliphatic rings. The first-order valence-electron chi connectivity index (χ1n) is 8.70. The number of H-pyrrole nitrogens is 1. The minimum absolute atomic E-state index is 0.403. The maximum atomic E-state index is 11.4. The second-order valence-corrected chi connectivity index (χ2v) is 6.71. The number of hydrogen-bond acceptors (Lipinski definition) is 4. The van der Waals surface area contributed by atoms with Crippen LogP contribution in [0.25, 0.3) is 22.2 Å². The van der Waals surface area contributed by atoms with Crippen LogP contribution in [-0.2, 0) is 4.79 Å². The third kappa shape index (κ3) is 2.97. The summed E-state index contributed by atoms with van der Waals surface area (Å²) in [6, 6.07) is 4.08. The highest BCUT2D eigenvalue weighted by Crippen LogP contribution is 2.31. The van der Waals surface area contributed by atoms with Gasteiger partial charge in [0.2, 0.25) is 5.91 Å². The Bertz CT molecular complexity index is 905. The van der Waals surface area contributed by atoms with Gasteiger partial charge in [0.15, 0.2) is 0 Å². The van der Waals surface area contributed by atoms with E-state index in [0.717, 1.165) is 28.0 Å². The van der Waals surface area contributed by atoms with E-state index in [2.05, 4.69) is 26.4 Å². The summed E-state index contributed by atoms with van der Waals surface area (Å²) in [6.45, 7) is 1.74. The fourth-order valence-corrected chi connectivity index (χ4v) is 3.45. The number of nitrogens with two attached hydrogens (primary N) is 1.